The van der Waals surface area contributed by atoms with Crippen molar-refractivity contribution in [1.29, 1.82) is 0 Å². The lowest BCUT2D eigenvalue weighted by Crippen LogP contribution is -2.29. The summed E-state index contributed by atoms with van der Waals surface area (Å²) in [5.41, 5.74) is 3.25. The van der Waals surface area contributed by atoms with Crippen LogP contribution in [0.5, 0.6) is 5.75 Å². The van der Waals surface area contributed by atoms with E-state index in [2.05, 4.69) is 50.4 Å². The number of ether oxygens (including phenoxy) is 1. The maximum absolute atomic E-state index is 5.81. The first-order valence-corrected chi connectivity index (χ1v) is 11.0. The largest absolute Gasteiger partial charge is 0.497 e. The third-order valence-electron chi connectivity index (χ3n) is 6.25. The monoisotopic (exact) mass is 418 g/mol. The fourth-order valence-electron chi connectivity index (χ4n) is 4.77. The topological polar surface area (TPSA) is 42.3 Å². The molecule has 1 saturated heterocycles. The van der Waals surface area contributed by atoms with Gasteiger partial charge in [0.25, 0.3) is 0 Å². The van der Waals surface area contributed by atoms with E-state index in [1.165, 1.54) is 31.2 Å². The standard InChI is InChI=1S/C24H26N4OS/c1-29-20-10-6-9-19(15-20)28-23(17-12-14-27(16-17)18-7-2-3-8-18)22(26-24(28)30)21-11-4-5-13-25-21/h4-6,9-16,18,22-23H,2-3,7-8H2,1H3,(H,26,30)/t22-,23-/m1/s1. The molecule has 2 fully saturated rings. The van der Waals surface area contributed by atoms with Crippen LogP contribution in [0.1, 0.15) is 55.1 Å². The van der Waals surface area contributed by atoms with Crippen LogP contribution in [-0.4, -0.2) is 21.8 Å². The van der Waals surface area contributed by atoms with Gasteiger partial charge in [-0.05, 0) is 61.0 Å². The van der Waals surface area contributed by atoms with E-state index in [9.17, 15) is 0 Å². The van der Waals surface area contributed by atoms with Gasteiger partial charge in [-0.1, -0.05) is 25.0 Å². The highest BCUT2D eigenvalue weighted by Crippen LogP contribution is 2.43. The first-order valence-electron chi connectivity index (χ1n) is 10.6. The normalized spacial score (nSPS) is 21.8. The van der Waals surface area contributed by atoms with Gasteiger partial charge in [-0.3, -0.25) is 4.98 Å². The van der Waals surface area contributed by atoms with Crippen molar-refractivity contribution in [3.8, 4) is 5.75 Å². The fraction of sp³-hybridized carbons (Fsp3) is 0.333. The van der Waals surface area contributed by atoms with Crippen LogP contribution in [0.25, 0.3) is 0 Å². The summed E-state index contributed by atoms with van der Waals surface area (Å²) in [7, 11) is 1.69. The average molecular weight is 419 g/mol. The predicted octanol–water partition coefficient (Wildman–Crippen LogP) is 5.18. The third kappa shape index (κ3) is 3.45. The molecule has 1 aliphatic heterocycles. The molecule has 30 heavy (non-hydrogen) atoms. The van der Waals surface area contributed by atoms with Crippen molar-refractivity contribution < 1.29 is 4.74 Å². The van der Waals surface area contributed by atoms with Crippen molar-refractivity contribution in [2.24, 2.45) is 0 Å². The Morgan fingerprint density at radius 1 is 1.10 bits per heavy atom. The lowest BCUT2D eigenvalue weighted by molar-refractivity contribution is 0.415. The summed E-state index contributed by atoms with van der Waals surface area (Å²) in [6.07, 6.45) is 11.5. The van der Waals surface area contributed by atoms with Crippen LogP contribution < -0.4 is 15.0 Å². The van der Waals surface area contributed by atoms with Gasteiger partial charge in [0.1, 0.15) is 5.75 Å². The molecule has 1 saturated carbocycles. The second-order valence-corrected chi connectivity index (χ2v) is 8.42. The van der Waals surface area contributed by atoms with Crippen LogP contribution in [0, 0.1) is 0 Å². The summed E-state index contributed by atoms with van der Waals surface area (Å²) in [6, 6.07) is 17.0. The summed E-state index contributed by atoms with van der Waals surface area (Å²) in [5.74, 6) is 0.818. The molecule has 5 nitrogen and oxygen atoms in total. The fourth-order valence-corrected chi connectivity index (χ4v) is 5.11. The average Bonchev–Trinajstić information content (AvgIpc) is 3.53. The first kappa shape index (κ1) is 19.1. The molecule has 3 aromatic rings. The second kappa shape index (κ2) is 8.11. The summed E-state index contributed by atoms with van der Waals surface area (Å²) in [4.78, 5) is 6.84. The molecule has 2 aliphatic rings. The smallest absolute Gasteiger partial charge is 0.174 e. The van der Waals surface area contributed by atoms with Crippen LogP contribution in [-0.2, 0) is 0 Å². The van der Waals surface area contributed by atoms with Gasteiger partial charge in [0.05, 0.1) is 24.9 Å². The Labute approximate surface area is 182 Å². The second-order valence-electron chi connectivity index (χ2n) is 8.03. The lowest BCUT2D eigenvalue weighted by atomic mass is 9.98. The molecule has 0 unspecified atom stereocenters. The highest BCUT2D eigenvalue weighted by molar-refractivity contribution is 7.80. The molecule has 1 N–H and O–H groups in total. The number of rotatable bonds is 5. The molecule has 0 amide bonds. The molecule has 3 heterocycles. The van der Waals surface area contributed by atoms with E-state index in [4.69, 9.17) is 17.0 Å². The minimum absolute atomic E-state index is 0.0159. The van der Waals surface area contributed by atoms with Gasteiger partial charge < -0.3 is 19.5 Å². The highest BCUT2D eigenvalue weighted by atomic mass is 32.1. The Hall–Kier alpha value is -2.86. The van der Waals surface area contributed by atoms with Gasteiger partial charge in [-0.25, -0.2) is 0 Å². The highest BCUT2D eigenvalue weighted by Gasteiger charge is 2.41. The van der Waals surface area contributed by atoms with E-state index < -0.39 is 0 Å². The SMILES string of the molecule is COc1cccc(N2C(=S)N[C@H](c3ccccn3)[C@H]2c2ccn(C3CCCC3)c2)c1. The molecule has 0 radical (unpaired) electrons. The van der Waals surface area contributed by atoms with E-state index >= 15 is 0 Å². The van der Waals surface area contributed by atoms with Gasteiger partial charge in [-0.2, -0.15) is 0 Å². The Balaban J connectivity index is 1.57. The van der Waals surface area contributed by atoms with Gasteiger partial charge in [0, 0.05) is 36.4 Å². The number of pyridine rings is 1. The molecule has 1 aliphatic carbocycles. The molecule has 2 atom stereocenters. The Morgan fingerprint density at radius 2 is 1.97 bits per heavy atom. The molecule has 1 aromatic carbocycles. The molecule has 2 aromatic heterocycles. The molecular formula is C24H26N4OS. The summed E-state index contributed by atoms with van der Waals surface area (Å²) < 4.78 is 7.86. The Bertz CT molecular complexity index is 1030. The Morgan fingerprint density at radius 3 is 2.73 bits per heavy atom. The zero-order chi connectivity index (χ0) is 20.5. The van der Waals surface area contributed by atoms with E-state index in [1.54, 1.807) is 7.11 Å². The van der Waals surface area contributed by atoms with Gasteiger partial charge in [0.2, 0.25) is 0 Å². The number of aromatic nitrogens is 2. The molecule has 6 heteroatoms. The summed E-state index contributed by atoms with van der Waals surface area (Å²) in [6.45, 7) is 0. The number of anilines is 1. The number of thiocarbonyl (C=S) groups is 1. The van der Waals surface area contributed by atoms with E-state index in [1.807, 2.05) is 36.5 Å². The summed E-state index contributed by atoms with van der Waals surface area (Å²) in [5, 5.41) is 4.23. The van der Waals surface area contributed by atoms with Crippen molar-refractivity contribution in [3.05, 3.63) is 78.4 Å². The van der Waals surface area contributed by atoms with E-state index in [-0.39, 0.29) is 12.1 Å². The van der Waals surface area contributed by atoms with Crippen LogP contribution in [0.3, 0.4) is 0 Å². The van der Waals surface area contributed by atoms with Crippen LogP contribution in [0.4, 0.5) is 5.69 Å². The van der Waals surface area contributed by atoms with Crippen molar-refractivity contribution in [2.45, 2.75) is 43.8 Å². The number of hydrogen-bond acceptors (Lipinski definition) is 3. The van der Waals surface area contributed by atoms with Gasteiger partial charge >= 0.3 is 0 Å². The van der Waals surface area contributed by atoms with E-state index in [0.717, 1.165) is 17.1 Å². The zero-order valence-corrected chi connectivity index (χ0v) is 17.9. The minimum atomic E-state index is -0.0238. The third-order valence-corrected chi connectivity index (χ3v) is 6.57. The number of methoxy groups -OCH3 is 1. The first-order chi connectivity index (χ1) is 14.7. The molecule has 154 valence electrons. The summed E-state index contributed by atoms with van der Waals surface area (Å²) >= 11 is 5.81. The predicted molar refractivity (Wildman–Crippen MR) is 123 cm³/mol. The number of nitrogens with one attached hydrogen (secondary N) is 1. The minimum Gasteiger partial charge on any atom is -0.497 e. The number of benzene rings is 1. The van der Waals surface area contributed by atoms with Crippen molar-refractivity contribution >= 4 is 23.0 Å². The maximum Gasteiger partial charge on any atom is 0.174 e. The van der Waals surface area contributed by atoms with Crippen molar-refractivity contribution in [2.75, 3.05) is 12.0 Å². The molecule has 0 spiro atoms. The zero-order valence-electron chi connectivity index (χ0n) is 17.1. The Kier molecular flexibility index (Phi) is 5.17. The van der Waals surface area contributed by atoms with E-state index in [0.29, 0.717) is 11.2 Å². The van der Waals surface area contributed by atoms with Crippen molar-refractivity contribution in [1.82, 2.24) is 14.9 Å². The van der Waals surface area contributed by atoms with Crippen LogP contribution in [0.2, 0.25) is 0 Å². The van der Waals surface area contributed by atoms with Crippen molar-refractivity contribution in [3.63, 3.8) is 0 Å². The molecule has 0 bridgehead atoms. The maximum atomic E-state index is 5.81. The lowest BCUT2D eigenvalue weighted by Gasteiger charge is -2.27. The van der Waals surface area contributed by atoms with Gasteiger partial charge in [0.15, 0.2) is 5.11 Å². The van der Waals surface area contributed by atoms with Crippen LogP contribution >= 0.6 is 12.2 Å². The number of nitrogens with zero attached hydrogens (tertiary/aromatic N) is 3. The van der Waals surface area contributed by atoms with Gasteiger partial charge in [-0.15, -0.1) is 0 Å². The molecule has 5 rings (SSSR count). The van der Waals surface area contributed by atoms with Crippen LogP contribution in [0.15, 0.2) is 67.1 Å². The number of hydrogen-bond donors (Lipinski definition) is 1. The molecular weight excluding hydrogens is 392 g/mol. The quantitative estimate of drug-likeness (QED) is 0.578.